The molecule has 5 fully saturated rings. The van der Waals surface area contributed by atoms with Crippen LogP contribution in [0.25, 0.3) is 0 Å². The number of carbonyl (C=O) groups is 2. The molecule has 4 saturated carbocycles. The highest BCUT2D eigenvalue weighted by Crippen LogP contribution is 2.77. The third-order valence-electron chi connectivity index (χ3n) is 14.9. The molecule has 47 heavy (non-hydrogen) atoms. The standard InChI is InChI=1S/C40H60N2O5/c1-9-32-41-19-21-42(32)20-11-10-12-22-46-36(45)40-16-13-27(25(2)3)34(40)29-23-30-35-38(7,37(29,6)17-18-40)15-14-28(26(4)5)39(35,8)31(43)24-33(44)47-30/h19,21,27-31,34-35,43H,2,4,9-18,20,22-24H2,1,3,5-8H3/t27-,28-,29+,30+,31+,34+,35-,37+,38+,39+,40-/m0/s1. The van der Waals surface area contributed by atoms with E-state index < -0.39 is 16.9 Å². The van der Waals surface area contributed by atoms with Crippen LogP contribution in [0.3, 0.4) is 0 Å². The lowest BCUT2D eigenvalue weighted by Gasteiger charge is -2.71. The van der Waals surface area contributed by atoms with Crippen molar-refractivity contribution in [3.63, 3.8) is 0 Å². The average molecular weight is 649 g/mol. The lowest BCUT2D eigenvalue weighted by molar-refractivity contribution is -0.260. The molecule has 5 aliphatic rings. The highest BCUT2D eigenvalue weighted by molar-refractivity contribution is 5.78. The van der Waals surface area contributed by atoms with Gasteiger partial charge in [0, 0.05) is 36.7 Å². The summed E-state index contributed by atoms with van der Waals surface area (Å²) in [5, 5.41) is 11.8. The van der Waals surface area contributed by atoms with E-state index in [1.54, 1.807) is 0 Å². The third-order valence-corrected chi connectivity index (χ3v) is 14.9. The number of aliphatic hydroxyl groups is 1. The molecule has 260 valence electrons. The smallest absolute Gasteiger partial charge is 0.312 e. The van der Waals surface area contributed by atoms with Gasteiger partial charge in [-0.2, -0.15) is 0 Å². The van der Waals surface area contributed by atoms with Crippen LogP contribution < -0.4 is 0 Å². The molecule has 4 aliphatic carbocycles. The van der Waals surface area contributed by atoms with Crippen molar-refractivity contribution in [3.05, 3.63) is 42.5 Å². The van der Waals surface area contributed by atoms with Crippen LogP contribution in [0.4, 0.5) is 0 Å². The minimum absolute atomic E-state index is 0.0208. The number of hydrogen-bond acceptors (Lipinski definition) is 6. The molecule has 0 amide bonds. The van der Waals surface area contributed by atoms with Gasteiger partial charge in [-0.15, -0.1) is 0 Å². The first-order chi connectivity index (χ1) is 22.2. The number of aryl methyl sites for hydroxylation is 2. The summed E-state index contributed by atoms with van der Waals surface area (Å²) in [5.41, 5.74) is 0.953. The molecule has 0 unspecified atom stereocenters. The zero-order valence-electron chi connectivity index (χ0n) is 30.0. The second kappa shape index (κ2) is 12.5. The monoisotopic (exact) mass is 648 g/mol. The van der Waals surface area contributed by atoms with Gasteiger partial charge < -0.3 is 19.1 Å². The van der Waals surface area contributed by atoms with E-state index in [0.717, 1.165) is 94.1 Å². The van der Waals surface area contributed by atoms with Crippen LogP contribution in [0.2, 0.25) is 0 Å². The van der Waals surface area contributed by atoms with E-state index in [1.165, 1.54) is 0 Å². The topological polar surface area (TPSA) is 90.7 Å². The van der Waals surface area contributed by atoms with E-state index in [4.69, 9.17) is 9.47 Å². The normalized spacial score (nSPS) is 42.4. The minimum Gasteiger partial charge on any atom is -0.465 e. The first kappa shape index (κ1) is 34.5. The van der Waals surface area contributed by atoms with E-state index in [2.05, 4.69) is 64.3 Å². The van der Waals surface area contributed by atoms with Crippen molar-refractivity contribution < 1.29 is 24.2 Å². The molecule has 0 bridgehead atoms. The highest BCUT2D eigenvalue weighted by atomic mass is 16.5. The number of unbranched alkanes of at least 4 members (excludes halogenated alkanes) is 2. The molecule has 1 aliphatic heterocycles. The second-order valence-electron chi connectivity index (χ2n) is 17.0. The van der Waals surface area contributed by atoms with Crippen molar-refractivity contribution in [3.8, 4) is 0 Å². The van der Waals surface area contributed by atoms with Crippen LogP contribution in [-0.2, 0) is 32.0 Å². The summed E-state index contributed by atoms with van der Waals surface area (Å²) in [6, 6.07) is 0. The molecule has 6 rings (SSSR count). The first-order valence-corrected chi connectivity index (χ1v) is 18.6. The second-order valence-corrected chi connectivity index (χ2v) is 17.0. The number of esters is 2. The van der Waals surface area contributed by atoms with Crippen molar-refractivity contribution >= 4 is 11.9 Å². The molecular formula is C40H60N2O5. The zero-order valence-corrected chi connectivity index (χ0v) is 30.0. The number of hydrogen-bond donors (Lipinski definition) is 1. The fraction of sp³-hybridized carbons (Fsp3) is 0.775. The summed E-state index contributed by atoms with van der Waals surface area (Å²) in [7, 11) is 0. The predicted molar refractivity (Wildman–Crippen MR) is 183 cm³/mol. The Hall–Kier alpha value is -2.41. The van der Waals surface area contributed by atoms with Gasteiger partial charge in [0.15, 0.2) is 0 Å². The van der Waals surface area contributed by atoms with Crippen molar-refractivity contribution in [2.24, 2.45) is 51.2 Å². The Morgan fingerprint density at radius 3 is 2.53 bits per heavy atom. The van der Waals surface area contributed by atoms with Gasteiger partial charge in [0.25, 0.3) is 0 Å². The van der Waals surface area contributed by atoms with Crippen LogP contribution in [0, 0.1) is 51.2 Å². The van der Waals surface area contributed by atoms with Gasteiger partial charge >= 0.3 is 11.9 Å². The van der Waals surface area contributed by atoms with Crippen molar-refractivity contribution in [2.45, 2.75) is 137 Å². The fourth-order valence-electron chi connectivity index (χ4n) is 12.5. The lowest BCUT2D eigenvalue weighted by Crippen LogP contribution is -2.69. The van der Waals surface area contributed by atoms with Crippen LogP contribution in [-0.4, -0.2) is 45.4 Å². The molecule has 1 aromatic heterocycles. The SMILES string of the molecule is C=C(C)[C@@H]1CC[C@]2(C(=O)OCCCCCn3ccnc3CC)CC[C@]3(C)[C@H](C[C@H]4OC(=O)C[C@@H](O)[C@]5(C)[C@@H]4[C@@]3(C)CC[C@H]5C(=C)C)[C@@H]12. The lowest BCUT2D eigenvalue weighted by atomic mass is 9.33. The molecule has 0 aromatic carbocycles. The Morgan fingerprint density at radius 2 is 1.83 bits per heavy atom. The molecule has 11 atom stereocenters. The molecule has 2 heterocycles. The molecular weight excluding hydrogens is 588 g/mol. The van der Waals surface area contributed by atoms with Crippen LogP contribution in [0.15, 0.2) is 36.7 Å². The number of ether oxygens (including phenoxy) is 2. The first-order valence-electron chi connectivity index (χ1n) is 18.6. The summed E-state index contributed by atoms with van der Waals surface area (Å²) in [4.78, 5) is 32.0. The Balaban J connectivity index is 1.26. The maximum atomic E-state index is 14.4. The van der Waals surface area contributed by atoms with Gasteiger partial charge in [-0.25, -0.2) is 4.98 Å². The van der Waals surface area contributed by atoms with Crippen LogP contribution in [0.1, 0.15) is 118 Å². The largest absolute Gasteiger partial charge is 0.465 e. The zero-order chi connectivity index (χ0) is 33.9. The Kier molecular flexibility index (Phi) is 9.15. The average Bonchev–Trinajstić information content (AvgIpc) is 3.62. The maximum absolute atomic E-state index is 14.4. The molecule has 7 heteroatoms. The van der Waals surface area contributed by atoms with Gasteiger partial charge in [-0.1, -0.05) is 52.0 Å². The number of nitrogens with zero attached hydrogens (tertiary/aromatic N) is 2. The molecule has 7 nitrogen and oxygen atoms in total. The number of carbonyl (C=O) groups excluding carboxylic acids is 2. The molecule has 0 radical (unpaired) electrons. The summed E-state index contributed by atoms with van der Waals surface area (Å²) >= 11 is 0. The van der Waals surface area contributed by atoms with Crippen LogP contribution in [0.5, 0.6) is 0 Å². The quantitative estimate of drug-likeness (QED) is 0.158. The number of imidazole rings is 1. The van der Waals surface area contributed by atoms with Crippen molar-refractivity contribution in [1.29, 1.82) is 0 Å². The summed E-state index contributed by atoms with van der Waals surface area (Å²) in [5.74, 6) is 1.48. The maximum Gasteiger partial charge on any atom is 0.312 e. The van der Waals surface area contributed by atoms with Crippen LogP contribution >= 0.6 is 0 Å². The Bertz CT molecular complexity index is 1400. The number of aliphatic hydroxyl groups excluding tert-OH is 1. The molecule has 0 spiro atoms. The summed E-state index contributed by atoms with van der Waals surface area (Å²) < 4.78 is 14.8. The van der Waals surface area contributed by atoms with Gasteiger partial charge in [-0.05, 0) is 113 Å². The number of allylic oxidation sites excluding steroid dienone is 2. The summed E-state index contributed by atoms with van der Waals surface area (Å²) in [6.45, 7) is 23.7. The van der Waals surface area contributed by atoms with Crippen molar-refractivity contribution in [2.75, 3.05) is 6.61 Å². The Labute approximate surface area is 283 Å². The summed E-state index contributed by atoms with van der Waals surface area (Å²) in [6.07, 6.45) is 12.9. The fourth-order valence-corrected chi connectivity index (χ4v) is 12.5. The highest BCUT2D eigenvalue weighted by Gasteiger charge is 2.74. The van der Waals surface area contributed by atoms with Crippen molar-refractivity contribution in [1.82, 2.24) is 9.55 Å². The molecule has 1 saturated heterocycles. The van der Waals surface area contributed by atoms with E-state index in [0.29, 0.717) is 6.61 Å². The Morgan fingerprint density at radius 1 is 1.06 bits per heavy atom. The van der Waals surface area contributed by atoms with Gasteiger partial charge in [0.05, 0.1) is 24.5 Å². The number of rotatable bonds is 10. The number of aromatic nitrogens is 2. The molecule has 1 N–H and O–H groups in total. The van der Waals surface area contributed by atoms with Gasteiger partial charge in [0.1, 0.15) is 11.9 Å². The molecule has 1 aromatic rings. The predicted octanol–water partition coefficient (Wildman–Crippen LogP) is 7.86. The van der Waals surface area contributed by atoms with Gasteiger partial charge in [-0.3, -0.25) is 9.59 Å². The number of fused-ring (bicyclic) bond motifs is 4. The van der Waals surface area contributed by atoms with E-state index in [-0.39, 0.29) is 64.9 Å². The third kappa shape index (κ3) is 5.18. The van der Waals surface area contributed by atoms with E-state index in [1.807, 2.05) is 12.4 Å². The minimum atomic E-state index is -0.771. The van der Waals surface area contributed by atoms with Gasteiger partial charge in [0.2, 0.25) is 0 Å². The van der Waals surface area contributed by atoms with E-state index in [9.17, 15) is 14.7 Å². The van der Waals surface area contributed by atoms with E-state index >= 15 is 0 Å².